The van der Waals surface area contributed by atoms with E-state index in [1.165, 1.54) is 41.1 Å². The monoisotopic (exact) mass is 998 g/mol. The molecule has 2 aliphatic rings. The Balaban J connectivity index is 0.000000202. The summed E-state index contributed by atoms with van der Waals surface area (Å²) in [6.45, 7) is 1.98. The van der Waals surface area contributed by atoms with Crippen molar-refractivity contribution >= 4 is 35.3 Å². The van der Waals surface area contributed by atoms with E-state index >= 15 is 0 Å². The first-order chi connectivity index (χ1) is 33.5. The molecule has 71 heavy (non-hydrogen) atoms. The average Bonchev–Trinajstić information content (AvgIpc) is 4.15. The fourth-order valence-corrected chi connectivity index (χ4v) is 6.88. The second-order valence-corrected chi connectivity index (χ2v) is 16.3. The first-order valence-corrected chi connectivity index (χ1v) is 21.6. The largest absolute Gasteiger partial charge is 0.481 e. The van der Waals surface area contributed by atoms with Crippen molar-refractivity contribution in [2.75, 3.05) is 24.1 Å². The molecule has 0 spiro atoms. The molecular formula is C48H46F8N8O7. The van der Waals surface area contributed by atoms with E-state index < -0.39 is 48.2 Å². The second-order valence-electron chi connectivity index (χ2n) is 16.3. The van der Waals surface area contributed by atoms with Crippen molar-refractivity contribution in [1.29, 1.82) is 0 Å². The van der Waals surface area contributed by atoms with Crippen molar-refractivity contribution in [3.05, 3.63) is 132 Å². The van der Waals surface area contributed by atoms with Crippen LogP contribution >= 0.6 is 0 Å². The molecule has 2 saturated heterocycles. The van der Waals surface area contributed by atoms with E-state index in [0.717, 1.165) is 13.8 Å². The van der Waals surface area contributed by atoms with Crippen LogP contribution in [-0.4, -0.2) is 86.0 Å². The maximum Gasteiger partial charge on any atom is 0.414 e. The molecule has 0 saturated carbocycles. The molecule has 2 aliphatic heterocycles. The van der Waals surface area contributed by atoms with Crippen LogP contribution in [0.4, 0.5) is 46.8 Å². The highest BCUT2D eigenvalue weighted by molar-refractivity contribution is 5.97. The molecule has 6 N–H and O–H groups in total. The van der Waals surface area contributed by atoms with E-state index in [1.807, 2.05) is 0 Å². The summed E-state index contributed by atoms with van der Waals surface area (Å²) in [5, 5.41) is 24.7. The minimum absolute atomic E-state index is 0.0791. The molecule has 8 rings (SSSR count). The highest BCUT2D eigenvalue weighted by Crippen LogP contribution is 2.31. The molecule has 0 radical (unpaired) electrons. The lowest BCUT2D eigenvalue weighted by molar-refractivity contribution is -0.217. The molecule has 376 valence electrons. The van der Waals surface area contributed by atoms with Crippen molar-refractivity contribution < 1.29 is 68.9 Å². The maximum atomic E-state index is 13.5. The zero-order valence-electron chi connectivity index (χ0n) is 37.7. The van der Waals surface area contributed by atoms with Gasteiger partial charge in [-0.05, 0) is 85.6 Å². The smallest absolute Gasteiger partial charge is 0.414 e. The first-order valence-electron chi connectivity index (χ1n) is 21.6. The summed E-state index contributed by atoms with van der Waals surface area (Å²) < 4.78 is 116. The topological polar surface area (TPSA) is 205 Å². The Labute approximate surface area is 399 Å². The molecule has 3 amide bonds. The van der Waals surface area contributed by atoms with Gasteiger partial charge in [0.15, 0.2) is 18.0 Å². The molecule has 4 atom stereocenters. The number of aromatic nitrogens is 4. The molecule has 23 heteroatoms. The van der Waals surface area contributed by atoms with E-state index in [2.05, 4.69) is 26.1 Å². The van der Waals surface area contributed by atoms with Gasteiger partial charge in [-0.2, -0.15) is 31.4 Å². The molecule has 0 unspecified atom stereocenters. The number of halogens is 8. The van der Waals surface area contributed by atoms with Crippen LogP contribution in [0.25, 0.3) is 33.9 Å². The van der Waals surface area contributed by atoms with Crippen LogP contribution in [0.3, 0.4) is 0 Å². The molecule has 2 aromatic heterocycles. The van der Waals surface area contributed by atoms with Crippen LogP contribution in [0.1, 0.15) is 37.8 Å². The number of carbonyl (C=O) groups is 4. The van der Waals surface area contributed by atoms with E-state index in [-0.39, 0.29) is 74.3 Å². The van der Waals surface area contributed by atoms with Crippen molar-refractivity contribution in [1.82, 2.24) is 30.2 Å². The highest BCUT2D eigenvalue weighted by atomic mass is 19.4. The summed E-state index contributed by atoms with van der Waals surface area (Å²) in [5.74, 6) is -3.01. The molecule has 4 heterocycles. The van der Waals surface area contributed by atoms with E-state index in [1.54, 1.807) is 77.5 Å². The Morgan fingerprint density at radius 1 is 0.690 bits per heavy atom. The number of aliphatic carboxylic acids is 1. The summed E-state index contributed by atoms with van der Waals surface area (Å²) in [6, 6.07) is 28.1. The SMILES string of the molecule is C[C@@H](OCc1cccc(-c2cc(N)nn2-c2ccc(F)cc2)c1)C(F)(F)F.C[C@@H](OCc1cccc(-c2cc(NC(=O)[C@@H]3CNC(=O)C3)nn2-c2ccc(F)cc2)c1)C(F)(F)F.O=C1C[C@H](C(=O)O)CN1. The third-order valence-corrected chi connectivity index (χ3v) is 10.9. The van der Waals surface area contributed by atoms with Crippen LogP contribution in [-0.2, 0) is 41.9 Å². The average molecular weight is 999 g/mol. The summed E-state index contributed by atoms with van der Waals surface area (Å²) in [6.07, 6.45) is -12.4. The predicted octanol–water partition coefficient (Wildman–Crippen LogP) is 8.16. The van der Waals surface area contributed by atoms with Crippen molar-refractivity contribution in [2.24, 2.45) is 11.8 Å². The van der Waals surface area contributed by atoms with Crippen LogP contribution < -0.4 is 21.7 Å². The number of hydrogen-bond acceptors (Lipinski definition) is 9. The molecule has 15 nitrogen and oxygen atoms in total. The lowest BCUT2D eigenvalue weighted by atomic mass is 10.1. The van der Waals surface area contributed by atoms with E-state index in [4.69, 9.17) is 20.3 Å². The first kappa shape index (κ1) is 52.7. The Kier molecular flexibility index (Phi) is 17.0. The summed E-state index contributed by atoms with van der Waals surface area (Å²) >= 11 is 0. The lowest BCUT2D eigenvalue weighted by Crippen LogP contribution is -2.28. The summed E-state index contributed by atoms with van der Waals surface area (Å²) in [5.41, 5.74) is 10.4. The van der Waals surface area contributed by atoms with Crippen molar-refractivity contribution in [2.45, 2.75) is 64.5 Å². The maximum absolute atomic E-state index is 13.5. The summed E-state index contributed by atoms with van der Waals surface area (Å²) in [4.78, 5) is 44.5. The number of alkyl halides is 6. The van der Waals surface area contributed by atoms with Gasteiger partial charge in [-0.1, -0.05) is 36.4 Å². The Bertz CT molecular complexity index is 2820. The van der Waals surface area contributed by atoms with Crippen molar-refractivity contribution in [3.8, 4) is 33.9 Å². The Hall–Kier alpha value is -7.66. The van der Waals surface area contributed by atoms with Gasteiger partial charge in [0.05, 0.1) is 47.8 Å². The quantitative estimate of drug-likeness (QED) is 0.0703. The number of carboxylic acid groups (broad SMARTS) is 1. The second kappa shape index (κ2) is 22.8. The number of nitrogens with zero attached hydrogens (tertiary/aromatic N) is 4. The fourth-order valence-electron chi connectivity index (χ4n) is 6.88. The van der Waals surface area contributed by atoms with E-state index in [9.17, 15) is 54.3 Å². The number of carboxylic acids is 1. The number of nitrogens with one attached hydrogen (secondary N) is 3. The molecule has 6 aromatic rings. The molecule has 2 fully saturated rings. The molecule has 0 aliphatic carbocycles. The van der Waals surface area contributed by atoms with Gasteiger partial charge in [-0.25, -0.2) is 18.1 Å². The zero-order chi connectivity index (χ0) is 51.6. The van der Waals surface area contributed by atoms with Crippen LogP contribution in [0.15, 0.2) is 109 Å². The standard InChI is InChI=1S/C24H22F4N4O3.C19H17F4N3O.C5H7NO3/c1-14(24(26,27)28)35-13-15-3-2-4-16(9-15)20-11-21(30-23(34)17-10-22(33)29-12-17)31-32(20)19-7-5-18(25)6-8-19;1-12(19(21,22)23)27-11-13-3-2-4-14(9-13)17-10-18(24)25-26(17)16-7-5-15(20)6-8-16;7-4-1-3(2-6-4)5(8)9/h2-9,11,14,17H,10,12-13H2,1H3,(H,29,33)(H,30,31,34);2-10,12H,11H2,1H3,(H2,24,25);3H,1-2H2,(H,6,7)(H,8,9)/t14-,17+;12-;3-/m110/s1. The molecular weight excluding hydrogens is 953 g/mol. The third kappa shape index (κ3) is 14.7. The Morgan fingerprint density at radius 3 is 1.54 bits per heavy atom. The van der Waals surface area contributed by atoms with Crippen molar-refractivity contribution in [3.63, 3.8) is 0 Å². The normalized spacial score (nSPS) is 16.4. The van der Waals surface area contributed by atoms with Gasteiger partial charge >= 0.3 is 18.3 Å². The lowest BCUT2D eigenvalue weighted by Gasteiger charge is -2.16. The number of rotatable bonds is 13. The highest BCUT2D eigenvalue weighted by Gasteiger charge is 2.38. The van der Waals surface area contributed by atoms with Crippen LogP contribution in [0, 0.1) is 23.5 Å². The predicted molar refractivity (Wildman–Crippen MR) is 241 cm³/mol. The number of ether oxygens (including phenoxy) is 2. The number of nitrogens with two attached hydrogens (primary N) is 1. The Morgan fingerprint density at radius 2 is 1.13 bits per heavy atom. The number of amides is 3. The number of benzene rings is 4. The third-order valence-electron chi connectivity index (χ3n) is 10.9. The molecule has 0 bridgehead atoms. The van der Waals surface area contributed by atoms with Gasteiger partial charge in [-0.3, -0.25) is 19.2 Å². The van der Waals surface area contributed by atoms with Gasteiger partial charge in [0.2, 0.25) is 17.7 Å². The minimum Gasteiger partial charge on any atom is -0.481 e. The minimum atomic E-state index is -4.47. The fraction of sp³-hybridized carbons (Fsp3) is 0.292. The van der Waals surface area contributed by atoms with Gasteiger partial charge in [0.1, 0.15) is 17.5 Å². The zero-order valence-corrected chi connectivity index (χ0v) is 37.7. The number of anilines is 2. The van der Waals surface area contributed by atoms with E-state index in [0.29, 0.717) is 45.0 Å². The number of hydrogen-bond donors (Lipinski definition) is 5. The summed E-state index contributed by atoms with van der Waals surface area (Å²) in [7, 11) is 0. The van der Waals surface area contributed by atoms with Gasteiger partial charge in [0.25, 0.3) is 0 Å². The number of carbonyl (C=O) groups excluding carboxylic acids is 3. The van der Waals surface area contributed by atoms with Gasteiger partial charge < -0.3 is 36.3 Å². The van der Waals surface area contributed by atoms with Crippen LogP contribution in [0.2, 0.25) is 0 Å². The van der Waals surface area contributed by atoms with Gasteiger partial charge in [0, 0.05) is 49.2 Å². The number of nitrogen functional groups attached to an aromatic ring is 1. The van der Waals surface area contributed by atoms with Gasteiger partial charge in [-0.15, -0.1) is 5.10 Å². The molecule has 4 aromatic carbocycles. The van der Waals surface area contributed by atoms with Crippen LogP contribution in [0.5, 0.6) is 0 Å².